The van der Waals surface area contributed by atoms with Crippen LogP contribution in [-0.4, -0.2) is 13.0 Å². The summed E-state index contributed by atoms with van der Waals surface area (Å²) in [4.78, 5) is 0.572. The molecule has 18 heavy (non-hydrogen) atoms. The maximum atomic E-state index is 10.8. The van der Waals surface area contributed by atoms with Gasteiger partial charge in [-0.15, -0.1) is 12.6 Å². The summed E-state index contributed by atoms with van der Waals surface area (Å²) in [7, 11) is -4.38. The fourth-order valence-corrected chi connectivity index (χ4v) is 2.28. The van der Waals surface area contributed by atoms with Gasteiger partial charge in [-0.25, -0.2) is 8.42 Å². The molecule has 0 amide bonds. The average Bonchev–Trinajstić information content (AvgIpc) is 2.29. The Balaban J connectivity index is 0.00000162. The second kappa shape index (κ2) is 6.23. The second-order valence-corrected chi connectivity index (χ2v) is 5.36. The Kier molecular flexibility index (Phi) is 5.46. The first-order chi connectivity index (χ1) is 7.98. The predicted molar refractivity (Wildman–Crippen MR) is 67.1 cm³/mol. The molecule has 0 heterocycles. The molecular formula is C12H9NaO3S2. The zero-order valence-electron chi connectivity index (χ0n) is 9.70. The molecule has 6 heteroatoms. The topological polar surface area (TPSA) is 57.2 Å². The molecule has 0 aliphatic carbocycles. The van der Waals surface area contributed by atoms with Crippen molar-refractivity contribution in [3.8, 4) is 11.1 Å². The normalized spacial score (nSPS) is 10.8. The van der Waals surface area contributed by atoms with E-state index in [0.29, 0.717) is 0 Å². The standard InChI is InChI=1S/C12H10O3S2.Na/c13-17(14,15)10-7-5-9(6-8-10)11-3-1-2-4-12(11)16;/h1-8,16H,(H,13,14,15);/q;+1/p-1. The van der Waals surface area contributed by atoms with Crippen molar-refractivity contribution in [1.29, 1.82) is 0 Å². The molecule has 2 aromatic rings. The SMILES string of the molecule is O=S(=O)([O-])c1ccc(-c2ccccc2S)cc1.[Na+]. The van der Waals surface area contributed by atoms with Gasteiger partial charge >= 0.3 is 29.6 Å². The summed E-state index contributed by atoms with van der Waals surface area (Å²) in [6.07, 6.45) is 0. The van der Waals surface area contributed by atoms with Crippen molar-refractivity contribution >= 4 is 22.7 Å². The first kappa shape index (κ1) is 15.8. The fraction of sp³-hybridized carbons (Fsp3) is 0. The van der Waals surface area contributed by atoms with E-state index in [4.69, 9.17) is 0 Å². The molecule has 0 bridgehead atoms. The molecule has 3 nitrogen and oxygen atoms in total. The van der Waals surface area contributed by atoms with Crippen LogP contribution >= 0.6 is 12.6 Å². The van der Waals surface area contributed by atoms with Gasteiger partial charge in [0.2, 0.25) is 0 Å². The van der Waals surface area contributed by atoms with Crippen LogP contribution in [0.4, 0.5) is 0 Å². The number of rotatable bonds is 2. The summed E-state index contributed by atoms with van der Waals surface area (Å²) in [6.45, 7) is 0. The van der Waals surface area contributed by atoms with Crippen LogP contribution in [0.15, 0.2) is 58.3 Å². The Hall–Kier alpha value is -0.300. The molecular weight excluding hydrogens is 279 g/mol. The largest absolute Gasteiger partial charge is 1.00 e. The molecule has 88 valence electrons. The summed E-state index contributed by atoms with van der Waals surface area (Å²) in [6, 6.07) is 13.3. The Morgan fingerprint density at radius 2 is 1.50 bits per heavy atom. The maximum absolute atomic E-state index is 10.8. The van der Waals surface area contributed by atoms with Crippen LogP contribution in [0.3, 0.4) is 0 Å². The van der Waals surface area contributed by atoms with Crippen molar-refractivity contribution in [2.75, 3.05) is 0 Å². The van der Waals surface area contributed by atoms with E-state index in [1.807, 2.05) is 24.3 Å². The number of benzene rings is 2. The molecule has 0 fully saturated rings. The minimum atomic E-state index is -4.38. The van der Waals surface area contributed by atoms with E-state index in [1.165, 1.54) is 12.1 Å². The van der Waals surface area contributed by atoms with E-state index in [9.17, 15) is 13.0 Å². The van der Waals surface area contributed by atoms with Gasteiger partial charge in [0.25, 0.3) is 0 Å². The number of hydrogen-bond donors (Lipinski definition) is 1. The summed E-state index contributed by atoms with van der Waals surface area (Å²) >= 11 is 4.31. The maximum Gasteiger partial charge on any atom is 1.00 e. The Labute approximate surface area is 134 Å². The van der Waals surface area contributed by atoms with Crippen molar-refractivity contribution in [3.63, 3.8) is 0 Å². The van der Waals surface area contributed by atoms with Crippen LogP contribution in [0.1, 0.15) is 0 Å². The third-order valence-corrected chi connectivity index (χ3v) is 3.60. The average molecular weight is 288 g/mol. The van der Waals surface area contributed by atoms with Crippen molar-refractivity contribution in [3.05, 3.63) is 48.5 Å². The van der Waals surface area contributed by atoms with Gasteiger partial charge < -0.3 is 4.55 Å². The van der Waals surface area contributed by atoms with Gasteiger partial charge in [-0.3, -0.25) is 0 Å². The Bertz CT molecular complexity index is 637. The van der Waals surface area contributed by atoms with E-state index in [0.717, 1.165) is 16.0 Å². The van der Waals surface area contributed by atoms with Gasteiger partial charge in [0.1, 0.15) is 10.1 Å². The molecule has 0 N–H and O–H groups in total. The van der Waals surface area contributed by atoms with Gasteiger partial charge in [0.05, 0.1) is 4.90 Å². The molecule has 0 aliphatic rings. The minimum Gasteiger partial charge on any atom is -0.744 e. The van der Waals surface area contributed by atoms with Crippen LogP contribution in [0.25, 0.3) is 11.1 Å². The van der Waals surface area contributed by atoms with Crippen LogP contribution < -0.4 is 29.6 Å². The van der Waals surface area contributed by atoms with E-state index < -0.39 is 10.1 Å². The summed E-state index contributed by atoms with van der Waals surface area (Å²) < 4.78 is 32.3. The first-order valence-electron chi connectivity index (χ1n) is 4.83. The van der Waals surface area contributed by atoms with Crippen LogP contribution in [0.2, 0.25) is 0 Å². The zero-order chi connectivity index (χ0) is 12.5. The molecule has 0 aromatic heterocycles. The van der Waals surface area contributed by atoms with Gasteiger partial charge in [-0.1, -0.05) is 30.3 Å². The summed E-state index contributed by atoms with van der Waals surface area (Å²) in [5, 5.41) is 0. The molecule has 0 saturated heterocycles. The van der Waals surface area contributed by atoms with Gasteiger partial charge in [0.15, 0.2) is 0 Å². The quantitative estimate of drug-likeness (QED) is 0.463. The van der Waals surface area contributed by atoms with Crippen molar-refractivity contribution < 1.29 is 42.5 Å². The van der Waals surface area contributed by atoms with Crippen LogP contribution in [0, 0.1) is 0 Å². The van der Waals surface area contributed by atoms with E-state index in [-0.39, 0.29) is 34.5 Å². The molecule has 0 aliphatic heterocycles. The zero-order valence-corrected chi connectivity index (χ0v) is 13.4. The Morgan fingerprint density at radius 1 is 0.944 bits per heavy atom. The molecule has 0 atom stereocenters. The smallest absolute Gasteiger partial charge is 0.744 e. The summed E-state index contributed by atoms with van der Waals surface area (Å²) in [5.41, 5.74) is 1.72. The first-order valence-corrected chi connectivity index (χ1v) is 6.68. The van der Waals surface area contributed by atoms with Gasteiger partial charge in [-0.05, 0) is 29.3 Å². The number of hydrogen-bond acceptors (Lipinski definition) is 4. The second-order valence-electron chi connectivity index (χ2n) is 3.50. The molecule has 2 rings (SSSR count). The van der Waals surface area contributed by atoms with Crippen molar-refractivity contribution in [2.24, 2.45) is 0 Å². The number of thiol groups is 1. The third kappa shape index (κ3) is 3.60. The molecule has 0 spiro atoms. The van der Waals surface area contributed by atoms with Gasteiger partial charge in [0, 0.05) is 4.90 Å². The van der Waals surface area contributed by atoms with E-state index in [1.54, 1.807) is 12.1 Å². The van der Waals surface area contributed by atoms with Crippen LogP contribution in [0.5, 0.6) is 0 Å². The molecule has 0 unspecified atom stereocenters. The van der Waals surface area contributed by atoms with Crippen molar-refractivity contribution in [1.82, 2.24) is 0 Å². The van der Waals surface area contributed by atoms with Crippen molar-refractivity contribution in [2.45, 2.75) is 9.79 Å². The van der Waals surface area contributed by atoms with Gasteiger partial charge in [-0.2, -0.15) is 0 Å². The minimum absolute atomic E-state index is 0. The summed E-state index contributed by atoms with van der Waals surface area (Å²) in [5.74, 6) is 0. The Morgan fingerprint density at radius 3 is 2.00 bits per heavy atom. The van der Waals surface area contributed by atoms with E-state index in [2.05, 4.69) is 12.6 Å². The molecule has 0 radical (unpaired) electrons. The third-order valence-electron chi connectivity index (χ3n) is 2.36. The molecule has 0 saturated carbocycles. The fourth-order valence-electron chi connectivity index (χ4n) is 1.52. The monoisotopic (exact) mass is 288 g/mol. The predicted octanol–water partition coefficient (Wildman–Crippen LogP) is -0.450. The van der Waals surface area contributed by atoms with E-state index >= 15 is 0 Å². The molecule has 2 aromatic carbocycles. The van der Waals surface area contributed by atoms with Crippen LogP contribution in [-0.2, 0) is 10.1 Å².